The molecular weight excluding hydrogens is 458 g/mol. The Labute approximate surface area is 195 Å². The molecule has 3 rings (SSSR count). The normalized spacial score (nSPS) is 11.9. The van der Waals surface area contributed by atoms with Gasteiger partial charge in [0.1, 0.15) is 11.6 Å². The van der Waals surface area contributed by atoms with Crippen molar-refractivity contribution in [2.75, 3.05) is 19.7 Å². The van der Waals surface area contributed by atoms with Gasteiger partial charge in [-0.25, -0.2) is 4.39 Å². The maximum absolute atomic E-state index is 13.4. The molecule has 3 aromatic rings. The number of halogens is 3. The Hall–Kier alpha value is -2.68. The molecule has 1 aromatic heterocycles. The number of carbonyl (C=O) groups excluding carboxylic acids is 1. The average Bonchev–Trinajstić information content (AvgIpc) is 3.27. The highest BCUT2D eigenvalue weighted by molar-refractivity contribution is 6.31. The van der Waals surface area contributed by atoms with Gasteiger partial charge in [-0.1, -0.05) is 36.5 Å². The van der Waals surface area contributed by atoms with Crippen molar-refractivity contribution in [1.82, 2.24) is 20.8 Å². The molecule has 0 fully saturated rings. The minimum Gasteiger partial charge on any atom is -0.484 e. The van der Waals surface area contributed by atoms with E-state index in [1.807, 2.05) is 12.1 Å². The van der Waals surface area contributed by atoms with Crippen LogP contribution in [0.1, 0.15) is 31.7 Å². The average molecular weight is 481 g/mol. The van der Waals surface area contributed by atoms with E-state index in [1.54, 1.807) is 12.1 Å². The van der Waals surface area contributed by atoms with Crippen LogP contribution in [0.2, 0.25) is 10.0 Å². The first kappa shape index (κ1) is 24.0. The molecule has 0 spiro atoms. The molecule has 0 unspecified atom stereocenters. The second kappa shape index (κ2) is 11.8. The largest absolute Gasteiger partial charge is 0.484 e. The zero-order chi connectivity index (χ0) is 22.9. The molecular formula is C22H23Cl2FN4O3. The van der Waals surface area contributed by atoms with E-state index >= 15 is 0 Å². The van der Waals surface area contributed by atoms with E-state index in [2.05, 4.69) is 27.8 Å². The SMILES string of the molecule is CCC[C@H](NCCNC(=O)COc1ccc(Cl)c(F)c1)c1nnc(-c2ccc(Cl)cc2)o1. The third-order valence-electron chi connectivity index (χ3n) is 4.51. The van der Waals surface area contributed by atoms with Crippen molar-refractivity contribution >= 4 is 29.1 Å². The summed E-state index contributed by atoms with van der Waals surface area (Å²) in [6, 6.07) is 11.0. The van der Waals surface area contributed by atoms with Crippen LogP contribution >= 0.6 is 23.2 Å². The molecule has 0 aliphatic heterocycles. The van der Waals surface area contributed by atoms with Crippen LogP contribution < -0.4 is 15.4 Å². The van der Waals surface area contributed by atoms with E-state index < -0.39 is 5.82 Å². The number of nitrogens with one attached hydrogen (secondary N) is 2. The molecule has 0 aliphatic rings. The Morgan fingerprint density at radius 1 is 1.16 bits per heavy atom. The third-order valence-corrected chi connectivity index (χ3v) is 5.06. The van der Waals surface area contributed by atoms with Crippen LogP contribution in [0, 0.1) is 5.82 Å². The van der Waals surface area contributed by atoms with Crippen molar-refractivity contribution in [3.05, 3.63) is 64.2 Å². The number of carbonyl (C=O) groups is 1. The molecule has 1 atom stereocenters. The topological polar surface area (TPSA) is 89.3 Å². The Morgan fingerprint density at radius 2 is 1.94 bits per heavy atom. The van der Waals surface area contributed by atoms with Crippen molar-refractivity contribution in [1.29, 1.82) is 0 Å². The van der Waals surface area contributed by atoms with Gasteiger partial charge in [-0.3, -0.25) is 4.79 Å². The van der Waals surface area contributed by atoms with Gasteiger partial charge < -0.3 is 19.8 Å². The standard InChI is InChI=1S/C22H23Cl2FN4O3/c1-2-3-19(22-29-28-21(32-22)14-4-6-15(23)7-5-14)26-10-11-27-20(30)13-31-16-8-9-17(24)18(25)12-16/h4-9,12,19,26H,2-3,10-11,13H2,1H3,(H,27,30)/t19-/m0/s1. The van der Waals surface area contributed by atoms with Gasteiger partial charge in [0.15, 0.2) is 6.61 Å². The van der Waals surface area contributed by atoms with Crippen LogP contribution in [0.3, 0.4) is 0 Å². The number of hydrogen-bond donors (Lipinski definition) is 2. The summed E-state index contributed by atoms with van der Waals surface area (Å²) in [5, 5.41) is 15.0. The number of benzene rings is 2. The van der Waals surface area contributed by atoms with Crippen LogP contribution in [0.15, 0.2) is 46.9 Å². The van der Waals surface area contributed by atoms with Gasteiger partial charge >= 0.3 is 0 Å². The van der Waals surface area contributed by atoms with Crippen LogP contribution in [0.4, 0.5) is 4.39 Å². The first-order chi connectivity index (χ1) is 15.5. The van der Waals surface area contributed by atoms with Crippen molar-refractivity contribution in [2.24, 2.45) is 0 Å². The fourth-order valence-electron chi connectivity index (χ4n) is 2.90. The number of aromatic nitrogens is 2. The highest BCUT2D eigenvalue weighted by Gasteiger charge is 2.18. The molecule has 0 bridgehead atoms. The third kappa shape index (κ3) is 6.91. The first-order valence-electron chi connectivity index (χ1n) is 10.1. The minimum absolute atomic E-state index is 0.00366. The Morgan fingerprint density at radius 3 is 2.66 bits per heavy atom. The lowest BCUT2D eigenvalue weighted by Gasteiger charge is -2.14. The number of hydrogen-bond acceptors (Lipinski definition) is 6. The summed E-state index contributed by atoms with van der Waals surface area (Å²) in [7, 11) is 0. The lowest BCUT2D eigenvalue weighted by molar-refractivity contribution is -0.123. The summed E-state index contributed by atoms with van der Waals surface area (Å²) in [5.74, 6) is 0.212. The summed E-state index contributed by atoms with van der Waals surface area (Å²) in [6.07, 6.45) is 1.70. The molecule has 1 amide bonds. The summed E-state index contributed by atoms with van der Waals surface area (Å²) >= 11 is 11.5. The van der Waals surface area contributed by atoms with Crippen molar-refractivity contribution < 1.29 is 18.3 Å². The van der Waals surface area contributed by atoms with E-state index in [4.69, 9.17) is 32.4 Å². The van der Waals surface area contributed by atoms with Crippen molar-refractivity contribution in [2.45, 2.75) is 25.8 Å². The van der Waals surface area contributed by atoms with Gasteiger partial charge in [-0.2, -0.15) is 0 Å². The fourth-order valence-corrected chi connectivity index (χ4v) is 3.14. The van der Waals surface area contributed by atoms with Crippen LogP contribution in [0.25, 0.3) is 11.5 Å². The minimum atomic E-state index is -0.601. The molecule has 2 aromatic carbocycles. The molecule has 32 heavy (non-hydrogen) atoms. The molecule has 0 saturated heterocycles. The Bertz CT molecular complexity index is 1030. The zero-order valence-corrected chi connectivity index (χ0v) is 18.9. The fraction of sp³-hybridized carbons (Fsp3) is 0.318. The predicted molar refractivity (Wildman–Crippen MR) is 120 cm³/mol. The summed E-state index contributed by atoms with van der Waals surface area (Å²) < 4.78 is 24.5. The van der Waals surface area contributed by atoms with E-state index in [1.165, 1.54) is 12.1 Å². The Balaban J connectivity index is 1.45. The van der Waals surface area contributed by atoms with E-state index in [0.717, 1.165) is 24.5 Å². The number of amides is 1. The number of rotatable bonds is 11. The van der Waals surface area contributed by atoms with E-state index in [0.29, 0.717) is 29.9 Å². The number of ether oxygens (including phenoxy) is 1. The maximum Gasteiger partial charge on any atom is 0.257 e. The second-order valence-corrected chi connectivity index (χ2v) is 7.81. The van der Waals surface area contributed by atoms with Crippen LogP contribution in [-0.2, 0) is 4.79 Å². The van der Waals surface area contributed by atoms with Crippen LogP contribution in [-0.4, -0.2) is 35.8 Å². The van der Waals surface area contributed by atoms with Gasteiger partial charge in [-0.05, 0) is 42.8 Å². The Kier molecular flexibility index (Phi) is 8.84. The van der Waals surface area contributed by atoms with Gasteiger partial charge in [0.25, 0.3) is 5.91 Å². The summed E-state index contributed by atoms with van der Waals surface area (Å²) in [6.45, 7) is 2.69. The highest BCUT2D eigenvalue weighted by Crippen LogP contribution is 2.24. The highest BCUT2D eigenvalue weighted by atomic mass is 35.5. The predicted octanol–water partition coefficient (Wildman–Crippen LogP) is 4.81. The molecule has 170 valence electrons. The molecule has 0 aliphatic carbocycles. The molecule has 1 heterocycles. The lowest BCUT2D eigenvalue weighted by Crippen LogP contribution is -2.36. The first-order valence-corrected chi connectivity index (χ1v) is 10.9. The summed E-state index contributed by atoms with van der Waals surface area (Å²) in [4.78, 5) is 12.0. The molecule has 0 radical (unpaired) electrons. The van der Waals surface area contributed by atoms with Gasteiger partial charge in [-0.15, -0.1) is 10.2 Å². The van der Waals surface area contributed by atoms with Gasteiger partial charge in [0.2, 0.25) is 11.8 Å². The van der Waals surface area contributed by atoms with E-state index in [-0.39, 0.29) is 29.3 Å². The zero-order valence-electron chi connectivity index (χ0n) is 17.4. The van der Waals surface area contributed by atoms with Crippen molar-refractivity contribution in [3.8, 4) is 17.2 Å². The quantitative estimate of drug-likeness (QED) is 0.382. The maximum atomic E-state index is 13.4. The molecule has 7 nitrogen and oxygen atoms in total. The monoisotopic (exact) mass is 480 g/mol. The molecule has 2 N–H and O–H groups in total. The lowest BCUT2D eigenvalue weighted by atomic mass is 10.1. The molecule has 10 heteroatoms. The van der Waals surface area contributed by atoms with Crippen molar-refractivity contribution in [3.63, 3.8) is 0 Å². The smallest absolute Gasteiger partial charge is 0.257 e. The summed E-state index contributed by atoms with van der Waals surface area (Å²) in [5.41, 5.74) is 0.788. The van der Waals surface area contributed by atoms with E-state index in [9.17, 15) is 9.18 Å². The van der Waals surface area contributed by atoms with Gasteiger partial charge in [0.05, 0.1) is 11.1 Å². The molecule has 0 saturated carbocycles. The van der Waals surface area contributed by atoms with Crippen LogP contribution in [0.5, 0.6) is 5.75 Å². The van der Waals surface area contributed by atoms with Gasteiger partial charge in [0, 0.05) is 29.7 Å². The number of nitrogens with zero attached hydrogens (tertiary/aromatic N) is 2. The second-order valence-electron chi connectivity index (χ2n) is 6.96.